The molecule has 0 bridgehead atoms. The van der Waals surface area contributed by atoms with Gasteiger partial charge in [0.1, 0.15) is 0 Å². The zero-order valence-electron chi connectivity index (χ0n) is 9.42. The third-order valence-electron chi connectivity index (χ3n) is 2.28. The number of nitrogens with two attached hydrogens (primary N) is 1. The first-order valence-corrected chi connectivity index (χ1v) is 5.46. The number of amides is 2. The molecule has 0 aliphatic carbocycles. The van der Waals surface area contributed by atoms with Gasteiger partial charge in [0.2, 0.25) is 11.8 Å². The van der Waals surface area contributed by atoms with Crippen LogP contribution in [0.4, 0.5) is 5.69 Å². The molecule has 92 valence electrons. The van der Waals surface area contributed by atoms with Gasteiger partial charge >= 0.3 is 0 Å². The van der Waals surface area contributed by atoms with Crippen LogP contribution in [0.2, 0.25) is 5.02 Å². The normalized spacial score (nSPS) is 9.82. The Kier molecular flexibility index (Phi) is 4.93. The molecule has 4 N–H and O–H groups in total. The van der Waals surface area contributed by atoms with Crippen molar-refractivity contribution in [3.63, 3.8) is 0 Å². The summed E-state index contributed by atoms with van der Waals surface area (Å²) >= 11 is 5.92. The number of hydrogen-bond acceptors (Lipinski definition) is 3. The van der Waals surface area contributed by atoms with E-state index < -0.39 is 0 Å². The minimum Gasteiger partial charge on any atom is -0.326 e. The highest BCUT2D eigenvalue weighted by molar-refractivity contribution is 6.31. The second-order valence-corrected chi connectivity index (χ2v) is 3.94. The Morgan fingerprint density at radius 1 is 1.29 bits per heavy atom. The molecule has 6 heteroatoms. The molecule has 0 aromatic heterocycles. The summed E-state index contributed by atoms with van der Waals surface area (Å²) in [7, 11) is 0. The lowest BCUT2D eigenvalue weighted by molar-refractivity contribution is -0.124. The molecule has 1 aromatic carbocycles. The van der Waals surface area contributed by atoms with Crippen LogP contribution in [-0.4, -0.2) is 11.8 Å². The van der Waals surface area contributed by atoms with Crippen molar-refractivity contribution >= 4 is 29.1 Å². The fourth-order valence-electron chi connectivity index (χ4n) is 1.25. The van der Waals surface area contributed by atoms with Crippen LogP contribution in [0.15, 0.2) is 18.2 Å². The molecular weight excluding hydrogens is 242 g/mol. The van der Waals surface area contributed by atoms with Crippen LogP contribution >= 0.6 is 11.6 Å². The van der Waals surface area contributed by atoms with Crippen molar-refractivity contribution in [3.8, 4) is 0 Å². The molecule has 0 fully saturated rings. The second-order valence-electron chi connectivity index (χ2n) is 3.53. The largest absolute Gasteiger partial charge is 0.326 e. The molecule has 1 aromatic rings. The smallest absolute Gasteiger partial charge is 0.234 e. The van der Waals surface area contributed by atoms with E-state index in [0.717, 1.165) is 5.56 Å². The predicted molar refractivity (Wildman–Crippen MR) is 66.4 cm³/mol. The first-order chi connectivity index (χ1) is 8.04. The Hall–Kier alpha value is -1.59. The second kappa shape index (κ2) is 6.22. The molecule has 17 heavy (non-hydrogen) atoms. The molecule has 2 amide bonds. The number of halogens is 1. The minimum absolute atomic E-state index is 0.0575. The number of carbonyl (C=O) groups excluding carboxylic acids is 2. The van der Waals surface area contributed by atoms with Gasteiger partial charge in [-0.2, -0.15) is 0 Å². The first-order valence-electron chi connectivity index (χ1n) is 5.09. The lowest BCUT2D eigenvalue weighted by atomic mass is 10.2. The Morgan fingerprint density at radius 3 is 2.59 bits per heavy atom. The van der Waals surface area contributed by atoms with Crippen LogP contribution in [0.25, 0.3) is 0 Å². The van der Waals surface area contributed by atoms with Crippen LogP contribution in [0.1, 0.15) is 18.4 Å². The van der Waals surface area contributed by atoms with Gasteiger partial charge in [0.15, 0.2) is 0 Å². The molecule has 0 aliphatic heterocycles. The Labute approximate surface area is 104 Å². The van der Waals surface area contributed by atoms with Crippen molar-refractivity contribution in [1.29, 1.82) is 0 Å². The van der Waals surface area contributed by atoms with Gasteiger partial charge in [-0.25, -0.2) is 5.84 Å². The molecule has 0 saturated heterocycles. The van der Waals surface area contributed by atoms with E-state index >= 15 is 0 Å². The maximum atomic E-state index is 11.5. The third kappa shape index (κ3) is 4.05. The van der Waals surface area contributed by atoms with Crippen LogP contribution in [0, 0.1) is 6.92 Å². The van der Waals surface area contributed by atoms with Crippen molar-refractivity contribution in [2.45, 2.75) is 19.8 Å². The first kappa shape index (κ1) is 13.5. The summed E-state index contributed by atoms with van der Waals surface area (Å²) in [6.45, 7) is 1.81. The van der Waals surface area contributed by atoms with E-state index in [1.165, 1.54) is 0 Å². The highest BCUT2D eigenvalue weighted by Crippen LogP contribution is 2.22. The van der Waals surface area contributed by atoms with Crippen LogP contribution in [0.3, 0.4) is 0 Å². The number of nitrogens with one attached hydrogen (secondary N) is 2. The highest BCUT2D eigenvalue weighted by atomic mass is 35.5. The fourth-order valence-corrected chi connectivity index (χ4v) is 1.43. The summed E-state index contributed by atoms with van der Waals surface area (Å²) in [5, 5.41) is 3.27. The standard InChI is InChI=1S/C11H14ClN3O2/c1-7-8(12)3-2-4-9(7)14-10(16)5-6-11(17)15-13/h2-4H,5-6,13H2,1H3,(H,14,16)(H,15,17). The lowest BCUT2D eigenvalue weighted by Gasteiger charge is -2.09. The summed E-state index contributed by atoms with van der Waals surface area (Å²) in [5.74, 6) is 4.28. The Morgan fingerprint density at radius 2 is 1.94 bits per heavy atom. The highest BCUT2D eigenvalue weighted by Gasteiger charge is 2.08. The number of rotatable bonds is 4. The van der Waals surface area contributed by atoms with Crippen molar-refractivity contribution in [2.75, 3.05) is 5.32 Å². The minimum atomic E-state index is -0.372. The van der Waals surface area contributed by atoms with E-state index in [-0.39, 0.29) is 24.7 Å². The van der Waals surface area contributed by atoms with E-state index in [9.17, 15) is 9.59 Å². The van der Waals surface area contributed by atoms with Crippen molar-refractivity contribution in [2.24, 2.45) is 5.84 Å². The Balaban J connectivity index is 2.56. The molecule has 0 unspecified atom stereocenters. The number of hydrogen-bond donors (Lipinski definition) is 3. The van der Waals surface area contributed by atoms with Crippen molar-refractivity contribution < 1.29 is 9.59 Å². The summed E-state index contributed by atoms with van der Waals surface area (Å²) in [4.78, 5) is 22.4. The zero-order chi connectivity index (χ0) is 12.8. The van der Waals surface area contributed by atoms with Gasteiger partial charge < -0.3 is 5.32 Å². The van der Waals surface area contributed by atoms with Crippen LogP contribution in [0.5, 0.6) is 0 Å². The Bertz CT molecular complexity index is 435. The summed E-state index contributed by atoms with van der Waals surface area (Å²) < 4.78 is 0. The molecule has 0 saturated carbocycles. The molecule has 1 rings (SSSR count). The lowest BCUT2D eigenvalue weighted by Crippen LogP contribution is -2.30. The summed E-state index contributed by atoms with van der Waals surface area (Å²) in [5.41, 5.74) is 3.41. The van der Waals surface area contributed by atoms with E-state index in [0.29, 0.717) is 10.7 Å². The van der Waals surface area contributed by atoms with Crippen LogP contribution < -0.4 is 16.6 Å². The van der Waals surface area contributed by atoms with Gasteiger partial charge in [-0.15, -0.1) is 0 Å². The van der Waals surface area contributed by atoms with Gasteiger partial charge in [-0.05, 0) is 24.6 Å². The predicted octanol–water partition coefficient (Wildman–Crippen LogP) is 1.36. The van der Waals surface area contributed by atoms with Gasteiger partial charge in [-0.1, -0.05) is 17.7 Å². The van der Waals surface area contributed by atoms with Crippen LogP contribution in [-0.2, 0) is 9.59 Å². The van der Waals surface area contributed by atoms with Gasteiger partial charge in [0.25, 0.3) is 0 Å². The van der Waals surface area contributed by atoms with E-state index in [1.54, 1.807) is 18.2 Å². The zero-order valence-corrected chi connectivity index (χ0v) is 10.2. The molecule has 0 spiro atoms. The van der Waals surface area contributed by atoms with Crippen molar-refractivity contribution in [3.05, 3.63) is 28.8 Å². The monoisotopic (exact) mass is 255 g/mol. The summed E-state index contributed by atoms with van der Waals surface area (Å²) in [6, 6.07) is 5.24. The SMILES string of the molecule is Cc1c(Cl)cccc1NC(=O)CCC(=O)NN. The van der Waals surface area contributed by atoms with Gasteiger partial charge in [-0.3, -0.25) is 15.0 Å². The average Bonchev–Trinajstić information content (AvgIpc) is 2.32. The molecule has 5 nitrogen and oxygen atoms in total. The average molecular weight is 256 g/mol. The number of carbonyl (C=O) groups is 2. The molecule has 0 atom stereocenters. The fraction of sp³-hybridized carbons (Fsp3) is 0.273. The number of hydrazine groups is 1. The van der Waals surface area contributed by atoms with E-state index in [2.05, 4.69) is 5.32 Å². The molecule has 0 radical (unpaired) electrons. The van der Waals surface area contributed by atoms with Crippen molar-refractivity contribution in [1.82, 2.24) is 5.43 Å². The maximum Gasteiger partial charge on any atom is 0.234 e. The van der Waals surface area contributed by atoms with E-state index in [1.807, 2.05) is 12.3 Å². The maximum absolute atomic E-state index is 11.5. The van der Waals surface area contributed by atoms with Gasteiger partial charge in [0, 0.05) is 23.6 Å². The van der Waals surface area contributed by atoms with E-state index in [4.69, 9.17) is 17.4 Å². The molecular formula is C11H14ClN3O2. The third-order valence-corrected chi connectivity index (χ3v) is 2.69. The summed E-state index contributed by atoms with van der Waals surface area (Å²) in [6.07, 6.45) is 0.136. The number of benzene rings is 1. The topological polar surface area (TPSA) is 84.2 Å². The molecule has 0 aliphatic rings. The quantitative estimate of drug-likeness (QED) is 0.431. The number of anilines is 1. The van der Waals surface area contributed by atoms with Gasteiger partial charge in [0.05, 0.1) is 0 Å². The molecule has 0 heterocycles.